The van der Waals surface area contributed by atoms with Gasteiger partial charge >= 0.3 is 0 Å². The molecule has 146 valence electrons. The van der Waals surface area contributed by atoms with Crippen LogP contribution in [0.2, 0.25) is 0 Å². The number of carbonyl (C=O) groups is 1. The van der Waals surface area contributed by atoms with Gasteiger partial charge in [-0.3, -0.25) is 4.79 Å². The lowest BCUT2D eigenvalue weighted by molar-refractivity contribution is -0.120. The van der Waals surface area contributed by atoms with Crippen molar-refractivity contribution >= 4 is 44.5 Å². The first-order chi connectivity index (χ1) is 13.5. The highest BCUT2D eigenvalue weighted by molar-refractivity contribution is 7.91. The van der Waals surface area contributed by atoms with Crippen LogP contribution in [0.25, 0.3) is 11.3 Å². The smallest absolute Gasteiger partial charge is 0.252 e. The van der Waals surface area contributed by atoms with Crippen LogP contribution in [-0.2, 0) is 14.8 Å². The summed E-state index contributed by atoms with van der Waals surface area (Å²) >= 11 is 2.51. The normalized spacial score (nSPS) is 16.1. The zero-order valence-corrected chi connectivity index (χ0v) is 17.3. The molecular weight excluding hydrogens is 416 g/mol. The van der Waals surface area contributed by atoms with Gasteiger partial charge in [0.1, 0.15) is 9.90 Å². The van der Waals surface area contributed by atoms with Gasteiger partial charge in [-0.25, -0.2) is 8.42 Å². The molecule has 1 amide bonds. The number of nitrogens with zero attached hydrogens (tertiary/aromatic N) is 3. The van der Waals surface area contributed by atoms with Gasteiger partial charge in [-0.2, -0.15) is 4.31 Å². The predicted octanol–water partition coefficient (Wildman–Crippen LogP) is 3.31. The summed E-state index contributed by atoms with van der Waals surface area (Å²) in [5.41, 5.74) is 2.46. The zero-order valence-electron chi connectivity index (χ0n) is 14.8. The average Bonchev–Trinajstić information content (AvgIpc) is 3.43. The molecule has 0 atom stereocenters. The molecule has 7 nitrogen and oxygen atoms in total. The minimum Gasteiger partial charge on any atom is -0.326 e. The molecule has 1 fully saturated rings. The summed E-state index contributed by atoms with van der Waals surface area (Å²) in [6.45, 7) is 0.710. The first-order valence-electron chi connectivity index (χ1n) is 8.76. The van der Waals surface area contributed by atoms with Crippen molar-refractivity contribution in [3.63, 3.8) is 0 Å². The van der Waals surface area contributed by atoms with E-state index < -0.39 is 10.0 Å². The maximum Gasteiger partial charge on any atom is 0.252 e. The van der Waals surface area contributed by atoms with Gasteiger partial charge in [0.05, 0.1) is 0 Å². The molecule has 1 saturated heterocycles. The second-order valence-corrected chi connectivity index (χ2v) is 10.2. The zero-order chi connectivity index (χ0) is 19.6. The Hall–Kier alpha value is -2.14. The maximum absolute atomic E-state index is 12.6. The lowest BCUT2D eigenvalue weighted by Gasteiger charge is -2.30. The van der Waals surface area contributed by atoms with Gasteiger partial charge in [0.15, 0.2) is 0 Å². The number of amides is 1. The van der Waals surface area contributed by atoms with E-state index in [1.807, 2.05) is 29.6 Å². The van der Waals surface area contributed by atoms with Crippen LogP contribution in [0, 0.1) is 5.92 Å². The molecule has 0 saturated carbocycles. The second kappa shape index (κ2) is 8.08. The molecular formula is C18H18N4O3S3. The first-order valence-corrected chi connectivity index (χ1v) is 11.9. The van der Waals surface area contributed by atoms with Gasteiger partial charge in [0.2, 0.25) is 5.91 Å². The van der Waals surface area contributed by atoms with E-state index in [1.54, 1.807) is 17.5 Å². The van der Waals surface area contributed by atoms with E-state index >= 15 is 0 Å². The number of anilines is 1. The van der Waals surface area contributed by atoms with Crippen LogP contribution in [0.1, 0.15) is 12.8 Å². The number of hydrogen-bond acceptors (Lipinski definition) is 7. The van der Waals surface area contributed by atoms with E-state index in [9.17, 15) is 13.2 Å². The summed E-state index contributed by atoms with van der Waals surface area (Å²) in [4.78, 5) is 12.6. The van der Waals surface area contributed by atoms with Crippen molar-refractivity contribution in [3.8, 4) is 11.3 Å². The van der Waals surface area contributed by atoms with E-state index in [-0.39, 0.29) is 11.8 Å². The van der Waals surface area contributed by atoms with Crippen LogP contribution in [-0.4, -0.2) is 41.3 Å². The fourth-order valence-corrected chi connectivity index (χ4v) is 6.23. The number of rotatable bonds is 5. The number of nitrogens with one attached hydrogen (secondary N) is 1. The number of hydrogen-bond donors (Lipinski definition) is 1. The van der Waals surface area contributed by atoms with Gasteiger partial charge in [0.25, 0.3) is 10.0 Å². The molecule has 0 aliphatic carbocycles. The molecule has 10 heteroatoms. The van der Waals surface area contributed by atoms with Gasteiger partial charge < -0.3 is 5.32 Å². The molecule has 4 rings (SSSR count). The minimum absolute atomic E-state index is 0.0729. The average molecular weight is 435 g/mol. The quantitative estimate of drug-likeness (QED) is 0.665. The van der Waals surface area contributed by atoms with Crippen LogP contribution in [0.4, 0.5) is 5.69 Å². The fraction of sp³-hybridized carbons (Fsp3) is 0.278. The monoisotopic (exact) mass is 434 g/mol. The topological polar surface area (TPSA) is 92.3 Å². The van der Waals surface area contributed by atoms with Crippen LogP contribution >= 0.6 is 22.9 Å². The molecule has 3 aromatic rings. The van der Waals surface area contributed by atoms with Crippen molar-refractivity contribution in [1.29, 1.82) is 0 Å². The molecule has 0 unspecified atom stereocenters. The molecule has 2 aromatic heterocycles. The number of sulfonamides is 1. The number of benzene rings is 1. The fourth-order valence-electron chi connectivity index (χ4n) is 3.15. The highest BCUT2D eigenvalue weighted by Gasteiger charge is 2.32. The summed E-state index contributed by atoms with van der Waals surface area (Å²) in [7, 11) is -3.44. The molecule has 0 spiro atoms. The third-order valence-corrected chi connectivity index (χ3v) is 8.50. The second-order valence-electron chi connectivity index (χ2n) is 6.47. The molecule has 1 aliphatic heterocycles. The van der Waals surface area contributed by atoms with E-state index in [0.29, 0.717) is 35.8 Å². The van der Waals surface area contributed by atoms with Crippen molar-refractivity contribution in [2.75, 3.05) is 18.4 Å². The standard InChI is InChI=1S/C18H18N4O3S3/c23-18(19-15-5-3-13(4-6-15)16-12-27-21-20-16)14-7-9-22(10-8-14)28(24,25)17-2-1-11-26-17/h1-6,11-12,14H,7-10H2,(H,19,23). The van der Waals surface area contributed by atoms with Crippen LogP contribution in [0.5, 0.6) is 0 Å². The van der Waals surface area contributed by atoms with Crippen molar-refractivity contribution in [2.45, 2.75) is 17.1 Å². The van der Waals surface area contributed by atoms with Crippen molar-refractivity contribution in [2.24, 2.45) is 5.92 Å². The Morgan fingerprint density at radius 3 is 2.50 bits per heavy atom. The Balaban J connectivity index is 1.34. The molecule has 1 N–H and O–H groups in total. The largest absolute Gasteiger partial charge is 0.326 e. The Kier molecular flexibility index (Phi) is 5.54. The molecule has 3 heterocycles. The van der Waals surface area contributed by atoms with Gasteiger partial charge in [-0.1, -0.05) is 22.7 Å². The predicted molar refractivity (Wildman–Crippen MR) is 110 cm³/mol. The van der Waals surface area contributed by atoms with Crippen LogP contribution in [0.3, 0.4) is 0 Å². The van der Waals surface area contributed by atoms with Crippen LogP contribution < -0.4 is 5.32 Å². The summed E-state index contributed by atoms with van der Waals surface area (Å²) in [5, 5.41) is 10.6. The van der Waals surface area contributed by atoms with Crippen molar-refractivity contribution in [1.82, 2.24) is 13.9 Å². The van der Waals surface area contributed by atoms with E-state index in [4.69, 9.17) is 0 Å². The highest BCUT2D eigenvalue weighted by Crippen LogP contribution is 2.27. The summed E-state index contributed by atoms with van der Waals surface area (Å²) in [6.07, 6.45) is 1.03. The summed E-state index contributed by atoms with van der Waals surface area (Å²) in [6, 6.07) is 10.8. The SMILES string of the molecule is O=C(Nc1ccc(-c2csnn2)cc1)C1CCN(S(=O)(=O)c2cccs2)CC1. The number of carbonyl (C=O) groups excluding carboxylic acids is 1. The van der Waals surface area contributed by atoms with E-state index in [1.165, 1.54) is 27.2 Å². The van der Waals surface area contributed by atoms with Crippen LogP contribution in [0.15, 0.2) is 51.4 Å². The molecule has 0 radical (unpaired) electrons. The van der Waals surface area contributed by atoms with Gasteiger partial charge in [-0.15, -0.1) is 16.4 Å². The number of piperidine rings is 1. The first kappa shape index (κ1) is 19.2. The third-order valence-electron chi connectivity index (χ3n) is 4.72. The molecule has 28 heavy (non-hydrogen) atoms. The van der Waals surface area contributed by atoms with Gasteiger partial charge in [0, 0.05) is 35.6 Å². The lowest BCUT2D eigenvalue weighted by Crippen LogP contribution is -2.41. The molecule has 1 aromatic carbocycles. The Morgan fingerprint density at radius 2 is 1.89 bits per heavy atom. The lowest BCUT2D eigenvalue weighted by atomic mass is 9.97. The third kappa shape index (κ3) is 4.00. The Morgan fingerprint density at radius 1 is 1.14 bits per heavy atom. The molecule has 1 aliphatic rings. The Bertz CT molecular complexity index is 1020. The van der Waals surface area contributed by atoms with E-state index in [2.05, 4.69) is 14.9 Å². The van der Waals surface area contributed by atoms with Crippen molar-refractivity contribution in [3.05, 3.63) is 47.2 Å². The molecule has 0 bridgehead atoms. The Labute approximate surface area is 171 Å². The number of thiophene rings is 1. The van der Waals surface area contributed by atoms with Crippen molar-refractivity contribution < 1.29 is 13.2 Å². The van der Waals surface area contributed by atoms with Gasteiger partial charge in [-0.05, 0) is 48.0 Å². The maximum atomic E-state index is 12.6. The summed E-state index contributed by atoms with van der Waals surface area (Å²) in [5.74, 6) is -0.270. The minimum atomic E-state index is -3.44. The highest BCUT2D eigenvalue weighted by atomic mass is 32.2. The number of aromatic nitrogens is 2. The van der Waals surface area contributed by atoms with E-state index in [0.717, 1.165) is 11.3 Å². The summed E-state index contributed by atoms with van der Waals surface area (Å²) < 4.78 is 30.8.